The maximum absolute atomic E-state index is 13.3. The number of nitrogens with zero attached hydrogens (tertiary/aromatic N) is 3. The molecule has 0 fully saturated rings. The second-order valence-corrected chi connectivity index (χ2v) is 7.74. The van der Waals surface area contributed by atoms with Crippen LogP contribution in [-0.4, -0.2) is 26.6 Å². The van der Waals surface area contributed by atoms with Gasteiger partial charge >= 0.3 is 0 Å². The number of hydrogen-bond acceptors (Lipinski definition) is 7. The summed E-state index contributed by atoms with van der Waals surface area (Å²) in [6, 6.07) is 15.5. The summed E-state index contributed by atoms with van der Waals surface area (Å²) in [5, 5.41) is 19.6. The van der Waals surface area contributed by atoms with Crippen LogP contribution in [0.15, 0.2) is 66.2 Å². The van der Waals surface area contributed by atoms with Gasteiger partial charge in [-0.15, -0.1) is 11.3 Å². The van der Waals surface area contributed by atoms with Gasteiger partial charge in [0.1, 0.15) is 11.6 Å². The monoisotopic (exact) mass is 421 g/mol. The number of thiazole rings is 1. The highest BCUT2D eigenvalue weighted by Crippen LogP contribution is 2.25. The van der Waals surface area contributed by atoms with E-state index in [1.807, 2.05) is 36.6 Å². The molecule has 2 aromatic carbocycles. The molecule has 0 aliphatic rings. The van der Waals surface area contributed by atoms with Crippen LogP contribution in [0.5, 0.6) is 0 Å². The molecule has 0 aliphatic heterocycles. The Kier molecular flexibility index (Phi) is 5.97. The van der Waals surface area contributed by atoms with E-state index in [0.717, 1.165) is 22.0 Å². The van der Waals surface area contributed by atoms with Crippen molar-refractivity contribution < 1.29 is 9.50 Å². The maximum Gasteiger partial charge on any atom is 0.229 e. The van der Waals surface area contributed by atoms with Crippen LogP contribution in [0, 0.1) is 12.7 Å². The number of rotatable bonds is 7. The van der Waals surface area contributed by atoms with Gasteiger partial charge in [-0.25, -0.2) is 14.4 Å². The molecular formula is C22H20FN5OS. The number of aromatic nitrogens is 3. The van der Waals surface area contributed by atoms with Gasteiger partial charge in [0.25, 0.3) is 0 Å². The Hall–Kier alpha value is -3.36. The Bertz CT molecular complexity index is 1150. The van der Waals surface area contributed by atoms with Crippen molar-refractivity contribution in [2.24, 2.45) is 0 Å². The lowest BCUT2D eigenvalue weighted by molar-refractivity contribution is 0.191. The van der Waals surface area contributed by atoms with Crippen molar-refractivity contribution in [1.29, 1.82) is 0 Å². The Morgan fingerprint density at radius 2 is 1.97 bits per heavy atom. The molecule has 0 aliphatic carbocycles. The summed E-state index contributed by atoms with van der Waals surface area (Å²) in [4.78, 5) is 13.2. The van der Waals surface area contributed by atoms with Crippen LogP contribution >= 0.6 is 11.3 Å². The predicted molar refractivity (Wildman–Crippen MR) is 117 cm³/mol. The summed E-state index contributed by atoms with van der Waals surface area (Å²) >= 11 is 1.61. The van der Waals surface area contributed by atoms with Gasteiger partial charge in [-0.1, -0.05) is 24.3 Å². The molecule has 152 valence electrons. The zero-order valence-corrected chi connectivity index (χ0v) is 17.0. The summed E-state index contributed by atoms with van der Waals surface area (Å²) in [5.41, 5.74) is 3.29. The molecule has 0 bridgehead atoms. The second-order valence-electron chi connectivity index (χ2n) is 6.67. The van der Waals surface area contributed by atoms with E-state index in [1.54, 1.807) is 35.7 Å². The normalized spacial score (nSPS) is 11.8. The van der Waals surface area contributed by atoms with E-state index in [0.29, 0.717) is 17.3 Å². The molecule has 2 aromatic heterocycles. The molecule has 0 saturated heterocycles. The zero-order chi connectivity index (χ0) is 20.9. The standard InChI is InChI=1S/C22H20FN5OS/c1-14-26-19(13-30-14)15-4-3-7-18(11-15)27-22-24-9-8-21(28-22)25-12-20(29)16-5-2-6-17(23)10-16/h2-11,13,20,29H,12H2,1H3,(H2,24,25,27,28). The molecule has 2 heterocycles. The van der Waals surface area contributed by atoms with Gasteiger partial charge in [0, 0.05) is 29.4 Å². The fourth-order valence-electron chi connectivity index (χ4n) is 2.93. The molecule has 0 spiro atoms. The van der Waals surface area contributed by atoms with Crippen molar-refractivity contribution in [3.63, 3.8) is 0 Å². The van der Waals surface area contributed by atoms with Gasteiger partial charge in [-0.3, -0.25) is 0 Å². The fourth-order valence-corrected chi connectivity index (χ4v) is 3.55. The van der Waals surface area contributed by atoms with Crippen molar-refractivity contribution in [2.75, 3.05) is 17.2 Å². The lowest BCUT2D eigenvalue weighted by atomic mass is 10.1. The van der Waals surface area contributed by atoms with Crippen LogP contribution < -0.4 is 10.6 Å². The first-order valence-electron chi connectivity index (χ1n) is 9.37. The minimum absolute atomic E-state index is 0.193. The van der Waals surface area contributed by atoms with Crippen LogP contribution in [0.3, 0.4) is 0 Å². The molecule has 0 saturated carbocycles. The number of aryl methyl sites for hydroxylation is 1. The van der Waals surface area contributed by atoms with Gasteiger partial charge in [0.15, 0.2) is 0 Å². The third kappa shape index (κ3) is 4.97. The highest BCUT2D eigenvalue weighted by molar-refractivity contribution is 7.09. The first kappa shape index (κ1) is 19.9. The first-order valence-corrected chi connectivity index (χ1v) is 10.2. The molecule has 6 nitrogen and oxygen atoms in total. The largest absolute Gasteiger partial charge is 0.387 e. The van der Waals surface area contributed by atoms with Crippen LogP contribution in [0.4, 0.5) is 21.8 Å². The van der Waals surface area contributed by atoms with E-state index in [-0.39, 0.29) is 12.4 Å². The van der Waals surface area contributed by atoms with E-state index in [4.69, 9.17) is 0 Å². The van der Waals surface area contributed by atoms with E-state index in [1.165, 1.54) is 12.1 Å². The van der Waals surface area contributed by atoms with Crippen molar-refractivity contribution in [2.45, 2.75) is 13.0 Å². The van der Waals surface area contributed by atoms with Crippen molar-refractivity contribution in [3.05, 3.63) is 82.6 Å². The predicted octanol–water partition coefficient (Wildman–Crippen LogP) is 4.94. The Labute approximate surface area is 177 Å². The number of aliphatic hydroxyl groups is 1. The third-order valence-corrected chi connectivity index (χ3v) is 5.17. The van der Waals surface area contributed by atoms with Gasteiger partial charge in [0.2, 0.25) is 5.95 Å². The number of anilines is 3. The van der Waals surface area contributed by atoms with Crippen molar-refractivity contribution in [1.82, 2.24) is 15.0 Å². The zero-order valence-electron chi connectivity index (χ0n) is 16.2. The molecule has 3 N–H and O–H groups in total. The Morgan fingerprint density at radius 1 is 1.10 bits per heavy atom. The molecule has 0 radical (unpaired) electrons. The van der Waals surface area contributed by atoms with Gasteiger partial charge < -0.3 is 15.7 Å². The van der Waals surface area contributed by atoms with Crippen LogP contribution in [0.25, 0.3) is 11.3 Å². The number of halogens is 1. The summed E-state index contributed by atoms with van der Waals surface area (Å²) in [5.74, 6) is 0.594. The van der Waals surface area contributed by atoms with Gasteiger partial charge in [0.05, 0.1) is 16.8 Å². The van der Waals surface area contributed by atoms with E-state index in [9.17, 15) is 9.50 Å². The second kappa shape index (κ2) is 8.98. The molecule has 0 amide bonds. The molecule has 30 heavy (non-hydrogen) atoms. The smallest absolute Gasteiger partial charge is 0.229 e. The number of hydrogen-bond donors (Lipinski definition) is 3. The summed E-state index contributed by atoms with van der Waals surface area (Å²) in [6.45, 7) is 2.17. The molecule has 4 rings (SSSR count). The minimum Gasteiger partial charge on any atom is -0.387 e. The van der Waals surface area contributed by atoms with E-state index >= 15 is 0 Å². The minimum atomic E-state index is -0.856. The highest BCUT2D eigenvalue weighted by Gasteiger charge is 2.09. The van der Waals surface area contributed by atoms with Gasteiger partial charge in [-0.05, 0) is 42.8 Å². The van der Waals surface area contributed by atoms with Crippen molar-refractivity contribution >= 4 is 28.8 Å². The number of benzene rings is 2. The van der Waals surface area contributed by atoms with E-state index < -0.39 is 6.10 Å². The molecule has 1 atom stereocenters. The average Bonchev–Trinajstić information content (AvgIpc) is 3.19. The van der Waals surface area contributed by atoms with Gasteiger partial charge in [-0.2, -0.15) is 4.98 Å². The van der Waals surface area contributed by atoms with E-state index in [2.05, 4.69) is 25.6 Å². The summed E-state index contributed by atoms with van der Waals surface area (Å²) < 4.78 is 13.3. The Balaban J connectivity index is 1.42. The van der Waals surface area contributed by atoms with Crippen LogP contribution in [-0.2, 0) is 0 Å². The quantitative estimate of drug-likeness (QED) is 0.392. The van der Waals surface area contributed by atoms with Crippen LogP contribution in [0.2, 0.25) is 0 Å². The molecule has 1 unspecified atom stereocenters. The summed E-state index contributed by atoms with van der Waals surface area (Å²) in [7, 11) is 0. The third-order valence-electron chi connectivity index (χ3n) is 4.40. The molecule has 8 heteroatoms. The van der Waals surface area contributed by atoms with Crippen LogP contribution in [0.1, 0.15) is 16.7 Å². The topological polar surface area (TPSA) is 83.0 Å². The lowest BCUT2D eigenvalue weighted by Gasteiger charge is -2.13. The molecular weight excluding hydrogens is 401 g/mol. The summed E-state index contributed by atoms with van der Waals surface area (Å²) in [6.07, 6.45) is 0.769. The van der Waals surface area contributed by atoms with Crippen molar-refractivity contribution in [3.8, 4) is 11.3 Å². The first-order chi connectivity index (χ1) is 14.6. The lowest BCUT2D eigenvalue weighted by Crippen LogP contribution is -2.13. The maximum atomic E-state index is 13.3. The molecule has 4 aromatic rings. The number of aliphatic hydroxyl groups excluding tert-OH is 1. The highest BCUT2D eigenvalue weighted by atomic mass is 32.1. The number of nitrogens with one attached hydrogen (secondary N) is 2. The SMILES string of the molecule is Cc1nc(-c2cccc(Nc3nccc(NCC(O)c4cccc(F)c4)n3)c2)cs1. The fraction of sp³-hybridized carbons (Fsp3) is 0.136. The average molecular weight is 422 g/mol. The Morgan fingerprint density at radius 3 is 2.77 bits per heavy atom.